The first kappa shape index (κ1) is 22.5. The van der Waals surface area contributed by atoms with Crippen LogP contribution in [0.15, 0.2) is 69.7 Å². The number of halogens is 3. The quantitative estimate of drug-likeness (QED) is 0.394. The molecule has 158 valence electrons. The molecule has 0 N–H and O–H groups in total. The number of methoxy groups -OCH3 is 1. The molecule has 0 aliphatic carbocycles. The molecule has 0 bridgehead atoms. The Balaban J connectivity index is 1.92. The molecule has 0 saturated heterocycles. The lowest BCUT2D eigenvalue weighted by molar-refractivity contribution is -0.137. The molecule has 0 unspecified atom stereocenters. The number of aromatic nitrogens is 2. The number of benzene rings is 2. The average Bonchev–Trinajstić information content (AvgIpc) is 2.74. The van der Waals surface area contributed by atoms with Crippen LogP contribution in [0.2, 0.25) is 0 Å². The molecule has 2 aromatic carbocycles. The van der Waals surface area contributed by atoms with Gasteiger partial charge in [-0.1, -0.05) is 18.7 Å². The first-order chi connectivity index (χ1) is 14.3. The summed E-state index contributed by atoms with van der Waals surface area (Å²) in [5, 5.41) is 0.613. The topological polar surface area (TPSA) is 38.2 Å². The molecule has 0 fully saturated rings. The van der Waals surface area contributed by atoms with Gasteiger partial charge in [-0.3, -0.25) is 4.98 Å². The van der Waals surface area contributed by atoms with Gasteiger partial charge in [-0.05, 0) is 61.5 Å². The molecule has 0 aliphatic rings. The van der Waals surface area contributed by atoms with E-state index in [1.807, 2.05) is 25.2 Å². The summed E-state index contributed by atoms with van der Waals surface area (Å²) >= 11 is 2.84. The Kier molecular flexibility index (Phi) is 7.27. The van der Waals surface area contributed by atoms with Gasteiger partial charge in [-0.2, -0.15) is 13.2 Å². The Bertz CT molecular complexity index is 998. The monoisotopic (exact) mass is 451 g/mol. The molecule has 0 saturated carbocycles. The van der Waals surface area contributed by atoms with Crippen molar-refractivity contribution in [1.82, 2.24) is 14.3 Å². The Morgan fingerprint density at radius 3 is 2.37 bits per heavy atom. The number of alkyl halides is 3. The first-order valence-electron chi connectivity index (χ1n) is 9.05. The smallest absolute Gasteiger partial charge is 0.416 e. The molecule has 1 heterocycles. The maximum atomic E-state index is 12.8. The van der Waals surface area contributed by atoms with Crippen molar-refractivity contribution in [3.05, 3.63) is 60.4 Å². The lowest BCUT2D eigenvalue weighted by Crippen LogP contribution is -2.07. The van der Waals surface area contributed by atoms with Crippen molar-refractivity contribution >= 4 is 23.7 Å². The Labute approximate surface area is 182 Å². The molecule has 0 atom stereocenters. The molecule has 0 radical (unpaired) electrons. The van der Waals surface area contributed by atoms with E-state index in [-0.39, 0.29) is 0 Å². The van der Waals surface area contributed by atoms with E-state index in [1.165, 1.54) is 23.9 Å². The van der Waals surface area contributed by atoms with Crippen LogP contribution >= 0.6 is 23.7 Å². The van der Waals surface area contributed by atoms with E-state index in [1.54, 1.807) is 31.5 Å². The van der Waals surface area contributed by atoms with Crippen LogP contribution in [-0.4, -0.2) is 35.0 Å². The molecule has 3 aromatic rings. The zero-order valence-electron chi connectivity index (χ0n) is 16.6. The van der Waals surface area contributed by atoms with Crippen LogP contribution in [0.3, 0.4) is 0 Å². The van der Waals surface area contributed by atoms with Crippen LogP contribution in [0.25, 0.3) is 11.3 Å². The van der Waals surface area contributed by atoms with E-state index in [0.29, 0.717) is 15.6 Å². The van der Waals surface area contributed by atoms with Crippen molar-refractivity contribution in [1.29, 1.82) is 0 Å². The van der Waals surface area contributed by atoms with Crippen LogP contribution < -0.4 is 4.74 Å². The maximum Gasteiger partial charge on any atom is 0.416 e. The van der Waals surface area contributed by atoms with Gasteiger partial charge >= 0.3 is 6.18 Å². The molecule has 0 amide bonds. The third-order valence-corrected chi connectivity index (χ3v) is 6.28. The van der Waals surface area contributed by atoms with Crippen molar-refractivity contribution < 1.29 is 17.9 Å². The van der Waals surface area contributed by atoms with Crippen LogP contribution in [0.1, 0.15) is 12.5 Å². The number of nitrogens with zero attached hydrogens (tertiary/aromatic N) is 3. The van der Waals surface area contributed by atoms with Gasteiger partial charge in [0.15, 0.2) is 0 Å². The van der Waals surface area contributed by atoms with Crippen LogP contribution in [-0.2, 0) is 6.18 Å². The van der Waals surface area contributed by atoms with Gasteiger partial charge in [-0.25, -0.2) is 9.29 Å². The minimum atomic E-state index is -4.36. The van der Waals surface area contributed by atoms with Crippen molar-refractivity contribution in [2.45, 2.75) is 27.9 Å². The highest BCUT2D eigenvalue weighted by Gasteiger charge is 2.30. The molecule has 1 aromatic heterocycles. The van der Waals surface area contributed by atoms with Crippen LogP contribution in [0.4, 0.5) is 13.2 Å². The zero-order chi connectivity index (χ0) is 21.7. The average molecular weight is 452 g/mol. The normalized spacial score (nSPS) is 11.7. The maximum absolute atomic E-state index is 12.8. The van der Waals surface area contributed by atoms with Crippen molar-refractivity contribution in [2.24, 2.45) is 0 Å². The standard InChI is InChI=1S/C21H20F3N3OS2/c1-4-27(2)30-18-13-14(5-10-17(18)28-3)19-20(26-12-11-25-19)29-16-8-6-15(7-9-16)21(22,23)24/h5-13H,4H2,1-3H3. The number of rotatable bonds is 7. The van der Waals surface area contributed by atoms with Crippen molar-refractivity contribution in [2.75, 3.05) is 20.7 Å². The Morgan fingerprint density at radius 2 is 1.73 bits per heavy atom. The van der Waals surface area contributed by atoms with E-state index >= 15 is 0 Å². The van der Waals surface area contributed by atoms with Gasteiger partial charge in [-0.15, -0.1) is 0 Å². The van der Waals surface area contributed by atoms with Gasteiger partial charge in [0.25, 0.3) is 0 Å². The van der Waals surface area contributed by atoms with Crippen molar-refractivity contribution in [3.8, 4) is 17.0 Å². The lowest BCUT2D eigenvalue weighted by Gasteiger charge is -2.16. The largest absolute Gasteiger partial charge is 0.496 e. The summed E-state index contributed by atoms with van der Waals surface area (Å²) in [5.74, 6) is 0.755. The SMILES string of the molecule is CCN(C)Sc1cc(-c2nccnc2Sc2ccc(C(F)(F)F)cc2)ccc1OC. The van der Waals surface area contributed by atoms with Gasteiger partial charge < -0.3 is 4.74 Å². The molecule has 4 nitrogen and oxygen atoms in total. The molecule has 0 spiro atoms. The fraction of sp³-hybridized carbons (Fsp3) is 0.238. The second-order valence-corrected chi connectivity index (χ2v) is 8.54. The third kappa shape index (κ3) is 5.47. The van der Waals surface area contributed by atoms with Gasteiger partial charge in [0.2, 0.25) is 0 Å². The van der Waals surface area contributed by atoms with Crippen LogP contribution in [0.5, 0.6) is 5.75 Å². The summed E-state index contributed by atoms with van der Waals surface area (Å²) in [6.07, 6.45) is -1.19. The lowest BCUT2D eigenvalue weighted by atomic mass is 10.1. The van der Waals surface area contributed by atoms with Gasteiger partial charge in [0, 0.05) is 29.4 Å². The minimum Gasteiger partial charge on any atom is -0.496 e. The summed E-state index contributed by atoms with van der Waals surface area (Å²) in [6.45, 7) is 2.92. The summed E-state index contributed by atoms with van der Waals surface area (Å²) < 4.78 is 46.0. The summed E-state index contributed by atoms with van der Waals surface area (Å²) in [7, 11) is 3.62. The van der Waals surface area contributed by atoms with E-state index in [2.05, 4.69) is 21.2 Å². The summed E-state index contributed by atoms with van der Waals surface area (Å²) in [4.78, 5) is 10.5. The molecule has 9 heteroatoms. The Morgan fingerprint density at radius 1 is 1.03 bits per heavy atom. The molecular formula is C21H20F3N3OS2. The second-order valence-electron chi connectivity index (χ2n) is 6.24. The predicted molar refractivity (Wildman–Crippen MR) is 114 cm³/mol. The second kappa shape index (κ2) is 9.72. The summed E-state index contributed by atoms with van der Waals surface area (Å²) in [5.41, 5.74) is 0.833. The molecule has 3 rings (SSSR count). The highest BCUT2D eigenvalue weighted by molar-refractivity contribution is 7.99. The highest BCUT2D eigenvalue weighted by atomic mass is 32.2. The van der Waals surface area contributed by atoms with Crippen LogP contribution in [0, 0.1) is 0 Å². The van der Waals surface area contributed by atoms with Gasteiger partial charge in [0.05, 0.1) is 17.6 Å². The molecule has 0 aliphatic heterocycles. The van der Waals surface area contributed by atoms with E-state index in [0.717, 1.165) is 34.9 Å². The van der Waals surface area contributed by atoms with Crippen molar-refractivity contribution in [3.63, 3.8) is 0 Å². The van der Waals surface area contributed by atoms with E-state index < -0.39 is 11.7 Å². The van der Waals surface area contributed by atoms with E-state index in [4.69, 9.17) is 4.74 Å². The third-order valence-electron chi connectivity index (χ3n) is 4.20. The Hall–Kier alpha value is -2.23. The summed E-state index contributed by atoms with van der Waals surface area (Å²) in [6, 6.07) is 10.8. The molecule has 30 heavy (non-hydrogen) atoms. The highest BCUT2D eigenvalue weighted by Crippen LogP contribution is 2.38. The number of ether oxygens (including phenoxy) is 1. The number of hydrogen-bond acceptors (Lipinski definition) is 6. The fourth-order valence-electron chi connectivity index (χ4n) is 2.55. The molecular weight excluding hydrogens is 431 g/mol. The zero-order valence-corrected chi connectivity index (χ0v) is 18.2. The van der Waals surface area contributed by atoms with E-state index in [9.17, 15) is 13.2 Å². The minimum absolute atomic E-state index is 0.613. The first-order valence-corrected chi connectivity index (χ1v) is 10.6. The van der Waals surface area contributed by atoms with Gasteiger partial charge in [0.1, 0.15) is 16.5 Å². The number of hydrogen-bond donors (Lipinski definition) is 0. The predicted octanol–water partition coefficient (Wildman–Crippen LogP) is 6.28. The fourth-order valence-corrected chi connectivity index (χ4v) is 4.31.